The summed E-state index contributed by atoms with van der Waals surface area (Å²) in [6, 6.07) is 9.41. The first kappa shape index (κ1) is 21.8. The third-order valence-electron chi connectivity index (χ3n) is 5.70. The van der Waals surface area contributed by atoms with Crippen molar-refractivity contribution in [3.05, 3.63) is 51.2 Å². The van der Waals surface area contributed by atoms with E-state index in [1.807, 2.05) is 24.3 Å². The van der Waals surface area contributed by atoms with Gasteiger partial charge in [0.15, 0.2) is 0 Å². The molecule has 3 heterocycles. The summed E-state index contributed by atoms with van der Waals surface area (Å²) < 4.78 is 27.5. The molecule has 1 amide bonds. The van der Waals surface area contributed by atoms with Crippen LogP contribution in [0.3, 0.4) is 0 Å². The van der Waals surface area contributed by atoms with Gasteiger partial charge in [-0.2, -0.15) is 4.31 Å². The Bertz CT molecular complexity index is 985. The molecule has 2 fully saturated rings. The van der Waals surface area contributed by atoms with Crippen LogP contribution in [0.2, 0.25) is 5.02 Å². The zero-order valence-corrected chi connectivity index (χ0v) is 19.2. The molecule has 30 heavy (non-hydrogen) atoms. The second-order valence-corrected chi connectivity index (χ2v) is 11.0. The van der Waals surface area contributed by atoms with E-state index in [4.69, 9.17) is 11.6 Å². The smallest absolute Gasteiger partial charge is 0.265 e. The molecule has 162 valence electrons. The summed E-state index contributed by atoms with van der Waals surface area (Å²) in [4.78, 5) is 17.9. The molecule has 1 aromatic heterocycles. The van der Waals surface area contributed by atoms with Crippen molar-refractivity contribution < 1.29 is 13.2 Å². The molecule has 2 aliphatic heterocycles. The average molecular weight is 468 g/mol. The zero-order valence-electron chi connectivity index (χ0n) is 16.8. The minimum atomic E-state index is -3.60. The molecule has 0 aliphatic carbocycles. The minimum absolute atomic E-state index is 0.168. The highest BCUT2D eigenvalue weighted by atomic mass is 35.5. The normalized spacial score (nSPS) is 19.2. The van der Waals surface area contributed by atoms with Crippen molar-refractivity contribution in [2.45, 2.75) is 30.7 Å². The molecular formula is C21H26ClN3O3S2. The van der Waals surface area contributed by atoms with E-state index in [2.05, 4.69) is 4.90 Å². The van der Waals surface area contributed by atoms with Crippen LogP contribution in [0, 0.1) is 0 Å². The van der Waals surface area contributed by atoms with Crippen molar-refractivity contribution >= 4 is 38.9 Å². The standard InChI is InChI=1S/C21H26ClN3O3S2/c22-18-6-4-17(5-7-18)16-23-9-3-10-24(14-13-23)21(26)20-19(8-15-29-20)30(27,28)25-11-1-2-12-25/h4-8,15H,1-3,9-14,16H2. The summed E-state index contributed by atoms with van der Waals surface area (Å²) in [6.45, 7) is 4.77. The maximum absolute atomic E-state index is 13.2. The molecule has 4 rings (SSSR count). The molecule has 0 spiro atoms. The molecule has 0 atom stereocenters. The zero-order chi connectivity index (χ0) is 21.1. The Morgan fingerprint density at radius 2 is 1.67 bits per heavy atom. The molecule has 0 bridgehead atoms. The van der Waals surface area contributed by atoms with Gasteiger partial charge in [-0.3, -0.25) is 9.69 Å². The second-order valence-electron chi connectivity index (χ2n) is 7.77. The van der Waals surface area contributed by atoms with Crippen molar-refractivity contribution in [1.82, 2.24) is 14.1 Å². The topological polar surface area (TPSA) is 60.9 Å². The SMILES string of the molecule is O=C(c1sccc1S(=O)(=O)N1CCCC1)N1CCCN(Cc2ccc(Cl)cc2)CC1. The summed E-state index contributed by atoms with van der Waals surface area (Å²) >= 11 is 7.19. The van der Waals surface area contributed by atoms with Crippen molar-refractivity contribution in [3.63, 3.8) is 0 Å². The maximum atomic E-state index is 13.2. The number of carbonyl (C=O) groups is 1. The number of rotatable bonds is 5. The third-order valence-corrected chi connectivity index (χ3v) is 8.93. The Morgan fingerprint density at radius 3 is 2.40 bits per heavy atom. The lowest BCUT2D eigenvalue weighted by molar-refractivity contribution is 0.0762. The van der Waals surface area contributed by atoms with Crippen LogP contribution < -0.4 is 0 Å². The second kappa shape index (κ2) is 9.36. The molecule has 2 aliphatic rings. The summed E-state index contributed by atoms with van der Waals surface area (Å²) in [5, 5.41) is 2.43. The van der Waals surface area contributed by atoms with Crippen molar-refractivity contribution in [2.24, 2.45) is 0 Å². The molecule has 9 heteroatoms. The van der Waals surface area contributed by atoms with E-state index in [1.165, 1.54) is 21.2 Å². The van der Waals surface area contributed by atoms with Crippen LogP contribution in [0.15, 0.2) is 40.6 Å². The molecule has 0 saturated carbocycles. The van der Waals surface area contributed by atoms with Gasteiger partial charge in [0.2, 0.25) is 10.0 Å². The van der Waals surface area contributed by atoms with E-state index in [0.717, 1.165) is 43.9 Å². The van der Waals surface area contributed by atoms with E-state index in [0.29, 0.717) is 31.1 Å². The predicted octanol–water partition coefficient (Wildman–Crippen LogP) is 3.53. The molecule has 0 N–H and O–H groups in total. The number of benzene rings is 1. The van der Waals surface area contributed by atoms with Crippen molar-refractivity contribution in [3.8, 4) is 0 Å². The van der Waals surface area contributed by atoms with Gasteiger partial charge < -0.3 is 4.90 Å². The van der Waals surface area contributed by atoms with Crippen LogP contribution in [0.1, 0.15) is 34.5 Å². The Morgan fingerprint density at radius 1 is 0.933 bits per heavy atom. The van der Waals surface area contributed by atoms with Crippen LogP contribution in [-0.2, 0) is 16.6 Å². The van der Waals surface area contributed by atoms with Gasteiger partial charge in [-0.1, -0.05) is 23.7 Å². The monoisotopic (exact) mass is 467 g/mol. The fourth-order valence-corrected chi connectivity index (χ4v) is 7.05. The maximum Gasteiger partial charge on any atom is 0.265 e. The van der Waals surface area contributed by atoms with Gasteiger partial charge in [-0.25, -0.2) is 8.42 Å². The van der Waals surface area contributed by atoms with E-state index < -0.39 is 10.0 Å². The molecule has 2 aromatic rings. The highest BCUT2D eigenvalue weighted by Crippen LogP contribution is 2.29. The summed E-state index contributed by atoms with van der Waals surface area (Å²) in [6.07, 6.45) is 2.61. The number of halogens is 1. The largest absolute Gasteiger partial charge is 0.337 e. The Labute approximate surface area is 187 Å². The van der Waals surface area contributed by atoms with Crippen LogP contribution in [0.5, 0.6) is 0 Å². The quantitative estimate of drug-likeness (QED) is 0.674. The van der Waals surface area contributed by atoms with Crippen molar-refractivity contribution in [1.29, 1.82) is 0 Å². The highest BCUT2D eigenvalue weighted by molar-refractivity contribution is 7.89. The molecule has 0 unspecified atom stereocenters. The fourth-order valence-electron chi connectivity index (χ4n) is 4.05. The molecule has 6 nitrogen and oxygen atoms in total. The number of hydrogen-bond acceptors (Lipinski definition) is 5. The Hall–Kier alpha value is -1.45. The number of sulfonamides is 1. The van der Waals surface area contributed by atoms with E-state index in [1.54, 1.807) is 16.3 Å². The fraction of sp³-hybridized carbons (Fsp3) is 0.476. The number of thiophene rings is 1. The van der Waals surface area contributed by atoms with Crippen LogP contribution >= 0.6 is 22.9 Å². The summed E-state index contributed by atoms with van der Waals surface area (Å²) in [5.41, 5.74) is 1.19. The average Bonchev–Trinajstić information content (AvgIpc) is 3.40. The van der Waals surface area contributed by atoms with Gasteiger partial charge in [-0.05, 0) is 48.4 Å². The minimum Gasteiger partial charge on any atom is -0.337 e. The number of amides is 1. The molecule has 2 saturated heterocycles. The first-order valence-electron chi connectivity index (χ1n) is 10.3. The number of hydrogen-bond donors (Lipinski definition) is 0. The molecular weight excluding hydrogens is 442 g/mol. The summed E-state index contributed by atoms with van der Waals surface area (Å²) in [7, 11) is -3.60. The lowest BCUT2D eigenvalue weighted by atomic mass is 10.2. The molecule has 0 radical (unpaired) electrons. The van der Waals surface area contributed by atoms with E-state index >= 15 is 0 Å². The Balaban J connectivity index is 1.43. The van der Waals surface area contributed by atoms with Gasteiger partial charge in [-0.15, -0.1) is 11.3 Å². The first-order chi connectivity index (χ1) is 14.4. The predicted molar refractivity (Wildman–Crippen MR) is 120 cm³/mol. The van der Waals surface area contributed by atoms with E-state index in [-0.39, 0.29) is 10.8 Å². The summed E-state index contributed by atoms with van der Waals surface area (Å²) in [5.74, 6) is -0.170. The lowest BCUT2D eigenvalue weighted by Gasteiger charge is -2.22. The van der Waals surface area contributed by atoms with Crippen molar-refractivity contribution in [2.75, 3.05) is 39.3 Å². The van der Waals surface area contributed by atoms with Crippen LogP contribution in [0.25, 0.3) is 0 Å². The van der Waals surface area contributed by atoms with Gasteiger partial charge in [0.25, 0.3) is 5.91 Å². The van der Waals surface area contributed by atoms with E-state index in [9.17, 15) is 13.2 Å². The van der Waals surface area contributed by atoms with Gasteiger partial charge >= 0.3 is 0 Å². The third kappa shape index (κ3) is 4.73. The first-order valence-corrected chi connectivity index (χ1v) is 13.0. The number of carbonyl (C=O) groups excluding carboxylic acids is 1. The lowest BCUT2D eigenvalue weighted by Crippen LogP contribution is -2.36. The molecule has 1 aromatic carbocycles. The van der Waals surface area contributed by atoms with Gasteiger partial charge in [0.1, 0.15) is 9.77 Å². The number of nitrogens with zero attached hydrogens (tertiary/aromatic N) is 3. The Kier molecular flexibility index (Phi) is 6.79. The van der Waals surface area contributed by atoms with Crippen LogP contribution in [0.4, 0.5) is 0 Å². The van der Waals surface area contributed by atoms with Gasteiger partial charge in [0, 0.05) is 50.8 Å². The van der Waals surface area contributed by atoms with Gasteiger partial charge in [0.05, 0.1) is 0 Å². The van der Waals surface area contributed by atoms with Crippen LogP contribution in [-0.4, -0.2) is 67.7 Å². The highest BCUT2D eigenvalue weighted by Gasteiger charge is 2.33.